The molecule has 3 N–H and O–H groups in total. The maximum absolute atomic E-state index is 12.1. The third-order valence-corrected chi connectivity index (χ3v) is 4.11. The second-order valence-electron chi connectivity index (χ2n) is 6.14. The minimum absolute atomic E-state index is 0.0581. The standard InChI is InChI=1S/C19H25N3O/c1-14(2)17(16-7-5-11-21-12-16)13-22-19(23)10-9-15-6-3-4-8-18(15)20/h3-8,11-12,14,17H,9-10,13,20H2,1-2H3,(H,22,23). The van der Waals surface area contributed by atoms with Crippen molar-refractivity contribution in [3.05, 3.63) is 59.9 Å². The zero-order valence-corrected chi connectivity index (χ0v) is 13.8. The van der Waals surface area contributed by atoms with E-state index in [1.165, 1.54) is 0 Å². The summed E-state index contributed by atoms with van der Waals surface area (Å²) in [6.45, 7) is 4.95. The van der Waals surface area contributed by atoms with Gasteiger partial charge in [0, 0.05) is 37.0 Å². The van der Waals surface area contributed by atoms with Crippen molar-refractivity contribution >= 4 is 11.6 Å². The van der Waals surface area contributed by atoms with Gasteiger partial charge in [0.2, 0.25) is 5.91 Å². The first-order valence-electron chi connectivity index (χ1n) is 8.08. The van der Waals surface area contributed by atoms with E-state index in [-0.39, 0.29) is 11.8 Å². The van der Waals surface area contributed by atoms with Gasteiger partial charge in [-0.1, -0.05) is 38.1 Å². The second-order valence-corrected chi connectivity index (χ2v) is 6.14. The number of aromatic nitrogens is 1. The molecule has 2 rings (SSSR count). The summed E-state index contributed by atoms with van der Waals surface area (Å²) in [5.41, 5.74) is 8.84. The maximum atomic E-state index is 12.1. The predicted octanol–water partition coefficient (Wildman–Crippen LogP) is 3.15. The first-order chi connectivity index (χ1) is 11.1. The highest BCUT2D eigenvalue weighted by Gasteiger charge is 2.17. The maximum Gasteiger partial charge on any atom is 0.220 e. The summed E-state index contributed by atoms with van der Waals surface area (Å²) in [6, 6.07) is 11.7. The van der Waals surface area contributed by atoms with Crippen molar-refractivity contribution in [3.63, 3.8) is 0 Å². The summed E-state index contributed by atoms with van der Waals surface area (Å²) >= 11 is 0. The fourth-order valence-electron chi connectivity index (χ4n) is 2.66. The lowest BCUT2D eigenvalue weighted by molar-refractivity contribution is -0.121. The number of benzene rings is 1. The van der Waals surface area contributed by atoms with Gasteiger partial charge >= 0.3 is 0 Å². The van der Waals surface area contributed by atoms with Gasteiger partial charge in [-0.25, -0.2) is 0 Å². The molecular formula is C19H25N3O. The third kappa shape index (κ3) is 5.09. The molecular weight excluding hydrogens is 286 g/mol. The molecule has 0 fully saturated rings. The molecule has 1 heterocycles. The second kappa shape index (κ2) is 8.32. The van der Waals surface area contributed by atoms with Crippen LogP contribution in [0, 0.1) is 5.92 Å². The van der Waals surface area contributed by atoms with Gasteiger partial charge in [0.05, 0.1) is 0 Å². The first-order valence-corrected chi connectivity index (χ1v) is 8.08. The summed E-state index contributed by atoms with van der Waals surface area (Å²) in [6.07, 6.45) is 4.76. The molecule has 0 bridgehead atoms. The van der Waals surface area contributed by atoms with Crippen molar-refractivity contribution in [1.29, 1.82) is 0 Å². The first kappa shape index (κ1) is 17.0. The molecule has 2 aromatic rings. The van der Waals surface area contributed by atoms with Gasteiger partial charge < -0.3 is 11.1 Å². The van der Waals surface area contributed by atoms with Crippen molar-refractivity contribution in [2.24, 2.45) is 5.92 Å². The summed E-state index contributed by atoms with van der Waals surface area (Å²) in [7, 11) is 0. The van der Waals surface area contributed by atoms with Crippen LogP contribution in [-0.4, -0.2) is 17.4 Å². The minimum atomic E-state index is 0.0581. The van der Waals surface area contributed by atoms with Crippen molar-refractivity contribution in [2.75, 3.05) is 12.3 Å². The normalized spacial score (nSPS) is 12.1. The molecule has 0 aliphatic heterocycles. The zero-order valence-electron chi connectivity index (χ0n) is 13.8. The number of amides is 1. The van der Waals surface area contributed by atoms with Gasteiger partial charge in [0.15, 0.2) is 0 Å². The smallest absolute Gasteiger partial charge is 0.220 e. The van der Waals surface area contributed by atoms with Crippen LogP contribution in [0.4, 0.5) is 5.69 Å². The van der Waals surface area contributed by atoms with Crippen LogP contribution in [0.2, 0.25) is 0 Å². The monoisotopic (exact) mass is 311 g/mol. The van der Waals surface area contributed by atoms with Gasteiger partial charge in [0.25, 0.3) is 0 Å². The number of para-hydroxylation sites is 1. The average Bonchev–Trinajstić information content (AvgIpc) is 2.55. The molecule has 1 aromatic heterocycles. The Labute approximate surface area is 138 Å². The molecule has 1 aromatic carbocycles. The van der Waals surface area contributed by atoms with E-state index in [2.05, 4.69) is 30.2 Å². The number of nitrogen functional groups attached to an aromatic ring is 1. The molecule has 1 atom stereocenters. The van der Waals surface area contributed by atoms with E-state index < -0.39 is 0 Å². The van der Waals surface area contributed by atoms with E-state index in [4.69, 9.17) is 5.73 Å². The Kier molecular flexibility index (Phi) is 6.15. The highest BCUT2D eigenvalue weighted by molar-refractivity contribution is 5.76. The molecule has 0 saturated heterocycles. The SMILES string of the molecule is CC(C)C(CNC(=O)CCc1ccccc1N)c1cccnc1. The van der Waals surface area contributed by atoms with Crippen LogP contribution in [0.25, 0.3) is 0 Å². The number of hydrogen-bond acceptors (Lipinski definition) is 3. The van der Waals surface area contributed by atoms with E-state index in [0.29, 0.717) is 25.3 Å². The molecule has 1 unspecified atom stereocenters. The van der Waals surface area contributed by atoms with Crippen LogP contribution < -0.4 is 11.1 Å². The fraction of sp³-hybridized carbons (Fsp3) is 0.368. The van der Waals surface area contributed by atoms with Crippen molar-refractivity contribution in [2.45, 2.75) is 32.6 Å². The molecule has 4 heteroatoms. The van der Waals surface area contributed by atoms with Crippen molar-refractivity contribution in [1.82, 2.24) is 10.3 Å². The number of carbonyl (C=O) groups is 1. The van der Waals surface area contributed by atoms with Gasteiger partial charge in [-0.3, -0.25) is 9.78 Å². The number of carbonyl (C=O) groups excluding carboxylic acids is 1. The van der Waals surface area contributed by atoms with E-state index in [9.17, 15) is 4.79 Å². The summed E-state index contributed by atoms with van der Waals surface area (Å²) in [4.78, 5) is 16.3. The number of nitrogens with one attached hydrogen (secondary N) is 1. The van der Waals surface area contributed by atoms with E-state index >= 15 is 0 Å². The van der Waals surface area contributed by atoms with Crippen LogP contribution in [-0.2, 0) is 11.2 Å². The Morgan fingerprint density at radius 3 is 2.65 bits per heavy atom. The number of anilines is 1. The van der Waals surface area contributed by atoms with Gasteiger partial charge in [-0.15, -0.1) is 0 Å². The topological polar surface area (TPSA) is 68.0 Å². The van der Waals surface area contributed by atoms with Crippen LogP contribution in [0.15, 0.2) is 48.8 Å². The number of rotatable bonds is 7. The van der Waals surface area contributed by atoms with Crippen LogP contribution >= 0.6 is 0 Å². The van der Waals surface area contributed by atoms with E-state index in [1.807, 2.05) is 36.5 Å². The fourth-order valence-corrected chi connectivity index (χ4v) is 2.66. The number of aryl methyl sites for hydroxylation is 1. The Bertz CT molecular complexity index is 626. The highest BCUT2D eigenvalue weighted by Crippen LogP contribution is 2.22. The molecule has 0 saturated carbocycles. The average molecular weight is 311 g/mol. The number of pyridine rings is 1. The summed E-state index contributed by atoms with van der Waals surface area (Å²) < 4.78 is 0. The van der Waals surface area contributed by atoms with E-state index in [0.717, 1.165) is 16.8 Å². The molecule has 122 valence electrons. The summed E-state index contributed by atoms with van der Waals surface area (Å²) in [5.74, 6) is 0.765. The quantitative estimate of drug-likeness (QED) is 0.772. The number of nitrogens with two attached hydrogens (primary N) is 1. The molecule has 0 aliphatic rings. The van der Waals surface area contributed by atoms with Crippen LogP contribution in [0.1, 0.15) is 37.3 Å². The number of nitrogens with zero attached hydrogens (tertiary/aromatic N) is 1. The molecule has 0 aliphatic carbocycles. The van der Waals surface area contributed by atoms with Crippen LogP contribution in [0.5, 0.6) is 0 Å². The van der Waals surface area contributed by atoms with Crippen molar-refractivity contribution in [3.8, 4) is 0 Å². The lowest BCUT2D eigenvalue weighted by Crippen LogP contribution is -2.30. The Hall–Kier alpha value is -2.36. The Morgan fingerprint density at radius 1 is 1.22 bits per heavy atom. The largest absolute Gasteiger partial charge is 0.399 e. The minimum Gasteiger partial charge on any atom is -0.399 e. The predicted molar refractivity (Wildman–Crippen MR) is 94.0 cm³/mol. The van der Waals surface area contributed by atoms with Gasteiger partial charge in [0.1, 0.15) is 0 Å². The van der Waals surface area contributed by atoms with Gasteiger partial charge in [-0.2, -0.15) is 0 Å². The lowest BCUT2D eigenvalue weighted by Gasteiger charge is -2.21. The molecule has 23 heavy (non-hydrogen) atoms. The molecule has 4 nitrogen and oxygen atoms in total. The third-order valence-electron chi connectivity index (χ3n) is 4.11. The molecule has 1 amide bonds. The summed E-state index contributed by atoms with van der Waals surface area (Å²) in [5, 5.41) is 3.04. The van der Waals surface area contributed by atoms with E-state index in [1.54, 1.807) is 6.20 Å². The Balaban J connectivity index is 1.86. The number of hydrogen-bond donors (Lipinski definition) is 2. The van der Waals surface area contributed by atoms with Crippen molar-refractivity contribution < 1.29 is 4.79 Å². The lowest BCUT2D eigenvalue weighted by atomic mass is 9.89. The molecule has 0 radical (unpaired) electrons. The highest BCUT2D eigenvalue weighted by atomic mass is 16.1. The van der Waals surface area contributed by atoms with Crippen LogP contribution in [0.3, 0.4) is 0 Å². The van der Waals surface area contributed by atoms with Gasteiger partial charge in [-0.05, 0) is 35.6 Å². The molecule has 0 spiro atoms. The zero-order chi connectivity index (χ0) is 16.7. The Morgan fingerprint density at radius 2 is 2.00 bits per heavy atom.